The standard InChI is InChI=1S/C4H4O.C3H5NO3/c1-2-4-5-3-1;1-7-4-2-3(5)6/h1-4H;2H,1H3,(H,5,6). The molecule has 12 heavy (non-hydrogen) atoms. The van der Waals surface area contributed by atoms with Crippen molar-refractivity contribution in [2.24, 2.45) is 5.16 Å². The van der Waals surface area contributed by atoms with Gasteiger partial charge in [-0.2, -0.15) is 0 Å². The van der Waals surface area contributed by atoms with Crippen molar-refractivity contribution in [3.63, 3.8) is 0 Å². The van der Waals surface area contributed by atoms with Crippen molar-refractivity contribution in [2.75, 3.05) is 7.11 Å². The van der Waals surface area contributed by atoms with E-state index in [-0.39, 0.29) is 0 Å². The van der Waals surface area contributed by atoms with Gasteiger partial charge < -0.3 is 14.4 Å². The van der Waals surface area contributed by atoms with Crippen LogP contribution in [-0.4, -0.2) is 24.4 Å². The second kappa shape index (κ2) is 7.33. The van der Waals surface area contributed by atoms with E-state index < -0.39 is 5.97 Å². The first-order valence-electron chi connectivity index (χ1n) is 3.04. The summed E-state index contributed by atoms with van der Waals surface area (Å²) in [5.74, 6) is -1.11. The van der Waals surface area contributed by atoms with Gasteiger partial charge in [0.15, 0.2) is 6.21 Å². The van der Waals surface area contributed by atoms with Crippen molar-refractivity contribution < 1.29 is 19.2 Å². The van der Waals surface area contributed by atoms with Crippen molar-refractivity contribution in [1.29, 1.82) is 0 Å². The molecule has 5 nitrogen and oxygen atoms in total. The van der Waals surface area contributed by atoms with Crippen LogP contribution in [0.15, 0.2) is 34.2 Å². The summed E-state index contributed by atoms with van der Waals surface area (Å²) in [5, 5.41) is 10.8. The number of hydrogen-bond acceptors (Lipinski definition) is 4. The maximum atomic E-state index is 9.53. The third kappa shape index (κ3) is 8.22. The number of hydrogen-bond donors (Lipinski definition) is 1. The number of carboxylic acid groups (broad SMARTS) is 1. The van der Waals surface area contributed by atoms with Gasteiger partial charge in [0, 0.05) is 0 Å². The second-order valence-electron chi connectivity index (χ2n) is 1.55. The summed E-state index contributed by atoms with van der Waals surface area (Å²) in [7, 11) is 1.28. The molecule has 0 amide bonds. The van der Waals surface area contributed by atoms with E-state index in [1.165, 1.54) is 7.11 Å². The maximum absolute atomic E-state index is 9.53. The van der Waals surface area contributed by atoms with Gasteiger partial charge in [0.1, 0.15) is 7.11 Å². The highest BCUT2D eigenvalue weighted by Crippen LogP contribution is 1.79. The second-order valence-corrected chi connectivity index (χ2v) is 1.55. The van der Waals surface area contributed by atoms with Crippen LogP contribution in [0, 0.1) is 0 Å². The van der Waals surface area contributed by atoms with Crippen LogP contribution in [0.3, 0.4) is 0 Å². The topological polar surface area (TPSA) is 72.0 Å². The lowest BCUT2D eigenvalue weighted by molar-refractivity contribution is -0.129. The lowest BCUT2D eigenvalue weighted by atomic mass is 10.7. The number of carbonyl (C=O) groups is 1. The van der Waals surface area contributed by atoms with Gasteiger partial charge >= 0.3 is 5.97 Å². The third-order valence-electron chi connectivity index (χ3n) is 0.694. The highest BCUT2D eigenvalue weighted by atomic mass is 16.6. The summed E-state index contributed by atoms with van der Waals surface area (Å²) in [6.07, 6.45) is 3.92. The zero-order valence-electron chi connectivity index (χ0n) is 6.51. The average molecular weight is 171 g/mol. The van der Waals surface area contributed by atoms with Crippen LogP contribution in [0.1, 0.15) is 0 Å². The molecule has 0 fully saturated rings. The predicted octanol–water partition coefficient (Wildman–Crippen LogP) is 0.983. The Morgan fingerprint density at radius 2 is 2.17 bits per heavy atom. The maximum Gasteiger partial charge on any atom is 0.350 e. The molecule has 0 atom stereocenters. The molecule has 0 aliphatic heterocycles. The monoisotopic (exact) mass is 171 g/mol. The number of carboxylic acids is 1. The molecule has 1 aromatic heterocycles. The SMILES string of the molecule is CON=CC(=O)O.c1ccoc1. The average Bonchev–Trinajstić information content (AvgIpc) is 2.57. The minimum Gasteiger partial charge on any atom is -0.477 e. The molecule has 0 bridgehead atoms. The van der Waals surface area contributed by atoms with Crippen LogP contribution in [0.4, 0.5) is 0 Å². The van der Waals surface area contributed by atoms with E-state index in [0.717, 1.165) is 0 Å². The fourth-order valence-corrected chi connectivity index (χ4v) is 0.325. The Hall–Kier alpha value is -1.78. The quantitative estimate of drug-likeness (QED) is 0.531. The van der Waals surface area contributed by atoms with Crippen molar-refractivity contribution in [2.45, 2.75) is 0 Å². The van der Waals surface area contributed by atoms with Gasteiger partial charge in [-0.25, -0.2) is 4.79 Å². The molecular weight excluding hydrogens is 162 g/mol. The highest BCUT2D eigenvalue weighted by Gasteiger charge is 1.82. The van der Waals surface area contributed by atoms with Crippen LogP contribution in [0.2, 0.25) is 0 Å². The summed E-state index contributed by atoms with van der Waals surface area (Å²) in [4.78, 5) is 13.6. The van der Waals surface area contributed by atoms with E-state index in [1.807, 2.05) is 12.1 Å². The first kappa shape index (κ1) is 10.2. The Labute approximate surface area is 69.2 Å². The summed E-state index contributed by atoms with van der Waals surface area (Å²) >= 11 is 0. The lowest BCUT2D eigenvalue weighted by Crippen LogP contribution is -1.94. The molecule has 0 saturated heterocycles. The van der Waals surface area contributed by atoms with Gasteiger partial charge in [0.05, 0.1) is 12.5 Å². The van der Waals surface area contributed by atoms with E-state index in [9.17, 15) is 4.79 Å². The van der Waals surface area contributed by atoms with Gasteiger partial charge in [-0.1, -0.05) is 5.16 Å². The molecule has 1 aromatic rings. The molecule has 0 aliphatic carbocycles. The molecule has 1 heterocycles. The van der Waals surface area contributed by atoms with Crippen molar-refractivity contribution in [3.05, 3.63) is 24.7 Å². The van der Waals surface area contributed by atoms with Crippen LogP contribution in [0.25, 0.3) is 0 Å². The molecule has 0 aliphatic rings. The Kier molecular flexibility index (Phi) is 6.24. The fraction of sp³-hybridized carbons (Fsp3) is 0.143. The Morgan fingerprint density at radius 3 is 2.33 bits per heavy atom. The fourth-order valence-electron chi connectivity index (χ4n) is 0.325. The van der Waals surface area contributed by atoms with E-state index in [0.29, 0.717) is 6.21 Å². The van der Waals surface area contributed by atoms with Crippen LogP contribution < -0.4 is 0 Å². The Bertz CT molecular complexity index is 200. The van der Waals surface area contributed by atoms with Gasteiger partial charge in [-0.15, -0.1) is 0 Å². The minimum atomic E-state index is -1.11. The number of rotatable bonds is 2. The van der Waals surface area contributed by atoms with E-state index in [1.54, 1.807) is 12.5 Å². The van der Waals surface area contributed by atoms with Gasteiger partial charge in [0.2, 0.25) is 0 Å². The first-order valence-corrected chi connectivity index (χ1v) is 3.04. The van der Waals surface area contributed by atoms with Gasteiger partial charge in [0.25, 0.3) is 0 Å². The normalized spacial score (nSPS) is 8.75. The number of nitrogens with zero attached hydrogens (tertiary/aromatic N) is 1. The third-order valence-corrected chi connectivity index (χ3v) is 0.694. The molecule has 5 heteroatoms. The zero-order chi connectivity index (χ0) is 9.23. The first-order chi connectivity index (χ1) is 5.77. The molecular formula is C7H9NO4. The zero-order valence-corrected chi connectivity index (χ0v) is 6.51. The van der Waals surface area contributed by atoms with Crippen molar-refractivity contribution in [1.82, 2.24) is 0 Å². The number of furan rings is 1. The largest absolute Gasteiger partial charge is 0.477 e. The van der Waals surface area contributed by atoms with Crippen LogP contribution >= 0.6 is 0 Å². The Morgan fingerprint density at radius 1 is 1.58 bits per heavy atom. The summed E-state index contributed by atoms with van der Waals surface area (Å²) in [6, 6.07) is 3.67. The van der Waals surface area contributed by atoms with Crippen LogP contribution in [0.5, 0.6) is 0 Å². The Balaban J connectivity index is 0.000000211. The molecule has 1 N–H and O–H groups in total. The van der Waals surface area contributed by atoms with Crippen molar-refractivity contribution in [3.8, 4) is 0 Å². The molecule has 0 unspecified atom stereocenters. The molecule has 0 spiro atoms. The smallest absolute Gasteiger partial charge is 0.350 e. The van der Waals surface area contributed by atoms with E-state index in [4.69, 9.17) is 5.11 Å². The van der Waals surface area contributed by atoms with E-state index >= 15 is 0 Å². The molecule has 1 rings (SSSR count). The van der Waals surface area contributed by atoms with Crippen molar-refractivity contribution >= 4 is 12.2 Å². The van der Waals surface area contributed by atoms with E-state index in [2.05, 4.69) is 14.4 Å². The number of oxime groups is 1. The summed E-state index contributed by atoms with van der Waals surface area (Å²) in [6.45, 7) is 0. The molecule has 66 valence electrons. The van der Waals surface area contributed by atoms with Crippen LogP contribution in [-0.2, 0) is 9.63 Å². The minimum absolute atomic E-state index is 0.667. The highest BCUT2D eigenvalue weighted by molar-refractivity contribution is 6.21. The predicted molar refractivity (Wildman–Crippen MR) is 41.8 cm³/mol. The molecule has 0 aromatic carbocycles. The lowest BCUT2D eigenvalue weighted by Gasteiger charge is -1.78. The summed E-state index contributed by atoms with van der Waals surface area (Å²) in [5.41, 5.74) is 0. The molecule has 0 radical (unpaired) electrons. The number of aliphatic carboxylic acids is 1. The molecule has 0 saturated carbocycles. The van der Waals surface area contributed by atoms with Gasteiger partial charge in [-0.05, 0) is 12.1 Å². The van der Waals surface area contributed by atoms with Gasteiger partial charge in [-0.3, -0.25) is 0 Å². The summed E-state index contributed by atoms with van der Waals surface area (Å²) < 4.78 is 4.58.